The van der Waals surface area contributed by atoms with E-state index in [0.29, 0.717) is 18.7 Å². The van der Waals surface area contributed by atoms with Gasteiger partial charge >= 0.3 is 0 Å². The molecule has 1 atom stereocenters. The van der Waals surface area contributed by atoms with Crippen molar-refractivity contribution in [3.05, 3.63) is 78.1 Å². The number of carbonyl (C=O) groups is 1. The van der Waals surface area contributed by atoms with Crippen LogP contribution in [0.2, 0.25) is 0 Å². The third-order valence-electron chi connectivity index (χ3n) is 4.75. The maximum absolute atomic E-state index is 12.4. The predicted molar refractivity (Wildman–Crippen MR) is 105 cm³/mol. The van der Waals surface area contributed by atoms with Gasteiger partial charge < -0.3 is 15.8 Å². The van der Waals surface area contributed by atoms with Gasteiger partial charge in [0.25, 0.3) is 0 Å². The standard InChI is InChI=1S/C22H21N3O2/c23-20(9-6-15-4-2-1-3-5-15)22(26)25-17-7-8-19-18-10-11-24-13-16(18)14-27-21(19)12-17/h1-5,7-8,10-13,20H,6,9,14,23H2,(H,25,26)/t20-/m0/s1. The van der Waals surface area contributed by atoms with Crippen LogP contribution in [0, 0.1) is 0 Å². The van der Waals surface area contributed by atoms with Crippen LogP contribution < -0.4 is 15.8 Å². The number of pyridine rings is 1. The normalized spacial score (nSPS) is 13.1. The summed E-state index contributed by atoms with van der Waals surface area (Å²) >= 11 is 0. The zero-order valence-corrected chi connectivity index (χ0v) is 14.9. The number of nitrogens with one attached hydrogen (secondary N) is 1. The molecule has 3 N–H and O–H groups in total. The van der Waals surface area contributed by atoms with Crippen molar-refractivity contribution in [3.63, 3.8) is 0 Å². The Kier molecular flexibility index (Phi) is 4.85. The number of rotatable bonds is 5. The lowest BCUT2D eigenvalue weighted by atomic mass is 9.98. The Morgan fingerprint density at radius 1 is 1.15 bits per heavy atom. The number of aromatic nitrogens is 1. The number of aryl methyl sites for hydroxylation is 1. The molecule has 1 amide bonds. The number of nitrogens with zero attached hydrogens (tertiary/aromatic N) is 1. The Hall–Kier alpha value is -3.18. The van der Waals surface area contributed by atoms with E-state index in [1.54, 1.807) is 6.20 Å². The summed E-state index contributed by atoms with van der Waals surface area (Å²) < 4.78 is 5.82. The molecule has 0 bridgehead atoms. The van der Waals surface area contributed by atoms with Gasteiger partial charge in [0.05, 0.1) is 6.04 Å². The molecule has 4 rings (SSSR count). The van der Waals surface area contributed by atoms with Gasteiger partial charge in [-0.15, -0.1) is 0 Å². The van der Waals surface area contributed by atoms with Crippen LogP contribution in [0.15, 0.2) is 67.0 Å². The number of amides is 1. The average Bonchev–Trinajstić information content (AvgIpc) is 2.72. The predicted octanol–water partition coefficient (Wildman–Crippen LogP) is 3.54. The van der Waals surface area contributed by atoms with Crippen LogP contribution in [0.5, 0.6) is 5.75 Å². The molecule has 1 aliphatic rings. The van der Waals surface area contributed by atoms with Gasteiger partial charge in [-0.1, -0.05) is 30.3 Å². The van der Waals surface area contributed by atoms with E-state index in [4.69, 9.17) is 10.5 Å². The minimum Gasteiger partial charge on any atom is -0.488 e. The Morgan fingerprint density at radius 2 is 2.00 bits per heavy atom. The van der Waals surface area contributed by atoms with E-state index in [-0.39, 0.29) is 5.91 Å². The van der Waals surface area contributed by atoms with Crippen molar-refractivity contribution in [1.82, 2.24) is 4.98 Å². The molecule has 0 aliphatic carbocycles. The molecular weight excluding hydrogens is 338 g/mol. The van der Waals surface area contributed by atoms with Crippen molar-refractivity contribution in [2.45, 2.75) is 25.5 Å². The van der Waals surface area contributed by atoms with Crippen molar-refractivity contribution in [2.24, 2.45) is 5.73 Å². The lowest BCUT2D eigenvalue weighted by Gasteiger charge is -2.21. The summed E-state index contributed by atoms with van der Waals surface area (Å²) in [4.78, 5) is 16.6. The molecular formula is C22H21N3O2. The number of hydrogen-bond acceptors (Lipinski definition) is 4. The monoisotopic (exact) mass is 359 g/mol. The molecule has 136 valence electrons. The number of hydrogen-bond donors (Lipinski definition) is 2. The summed E-state index contributed by atoms with van der Waals surface area (Å²) in [6.07, 6.45) is 4.96. The summed E-state index contributed by atoms with van der Waals surface area (Å²) in [6.45, 7) is 0.476. The van der Waals surface area contributed by atoms with Crippen LogP contribution in [0.3, 0.4) is 0 Å². The Labute approximate surface area is 158 Å². The molecule has 3 aromatic rings. The van der Waals surface area contributed by atoms with Crippen molar-refractivity contribution in [1.29, 1.82) is 0 Å². The molecule has 2 aromatic carbocycles. The van der Waals surface area contributed by atoms with Gasteiger partial charge in [0, 0.05) is 35.3 Å². The van der Waals surface area contributed by atoms with E-state index in [0.717, 1.165) is 28.9 Å². The lowest BCUT2D eigenvalue weighted by Crippen LogP contribution is -2.36. The van der Waals surface area contributed by atoms with E-state index in [1.165, 1.54) is 5.56 Å². The molecule has 0 saturated carbocycles. The van der Waals surface area contributed by atoms with Gasteiger partial charge in [0.15, 0.2) is 0 Å². The lowest BCUT2D eigenvalue weighted by molar-refractivity contribution is -0.117. The van der Waals surface area contributed by atoms with E-state index < -0.39 is 6.04 Å². The van der Waals surface area contributed by atoms with Gasteiger partial charge in [-0.2, -0.15) is 0 Å². The Balaban J connectivity index is 1.42. The molecule has 0 fully saturated rings. The largest absolute Gasteiger partial charge is 0.488 e. The molecule has 2 heterocycles. The number of nitrogens with two attached hydrogens (primary N) is 1. The van der Waals surface area contributed by atoms with Crippen molar-refractivity contribution in [3.8, 4) is 16.9 Å². The molecule has 5 heteroatoms. The highest BCUT2D eigenvalue weighted by Gasteiger charge is 2.19. The average molecular weight is 359 g/mol. The van der Waals surface area contributed by atoms with Crippen molar-refractivity contribution >= 4 is 11.6 Å². The fraction of sp³-hybridized carbons (Fsp3) is 0.182. The minimum absolute atomic E-state index is 0.189. The van der Waals surface area contributed by atoms with Crippen LogP contribution in [0.25, 0.3) is 11.1 Å². The van der Waals surface area contributed by atoms with Crippen molar-refractivity contribution < 1.29 is 9.53 Å². The summed E-state index contributed by atoms with van der Waals surface area (Å²) in [7, 11) is 0. The number of fused-ring (bicyclic) bond motifs is 3. The first-order chi connectivity index (χ1) is 13.2. The van der Waals surface area contributed by atoms with Gasteiger partial charge in [0.1, 0.15) is 12.4 Å². The molecule has 0 unspecified atom stereocenters. The van der Waals surface area contributed by atoms with Crippen LogP contribution in [0.4, 0.5) is 5.69 Å². The zero-order valence-electron chi connectivity index (χ0n) is 14.9. The summed E-state index contributed by atoms with van der Waals surface area (Å²) in [5, 5.41) is 2.90. The quantitative estimate of drug-likeness (QED) is 0.730. The van der Waals surface area contributed by atoms with Crippen LogP contribution in [-0.4, -0.2) is 16.9 Å². The summed E-state index contributed by atoms with van der Waals surface area (Å²) in [6, 6.07) is 17.1. The minimum atomic E-state index is -0.561. The first-order valence-electron chi connectivity index (χ1n) is 9.01. The first kappa shape index (κ1) is 17.2. The number of carbonyl (C=O) groups excluding carboxylic acids is 1. The number of benzene rings is 2. The molecule has 0 saturated heterocycles. The Morgan fingerprint density at radius 3 is 2.85 bits per heavy atom. The molecule has 0 radical (unpaired) electrons. The van der Waals surface area contributed by atoms with Gasteiger partial charge in [-0.05, 0) is 42.2 Å². The third kappa shape index (κ3) is 3.83. The summed E-state index contributed by atoms with van der Waals surface area (Å²) in [5.41, 5.74) is 11.1. The highest BCUT2D eigenvalue weighted by Crippen LogP contribution is 2.38. The van der Waals surface area contributed by atoms with E-state index in [2.05, 4.69) is 10.3 Å². The van der Waals surface area contributed by atoms with Crippen LogP contribution in [0.1, 0.15) is 17.5 Å². The molecule has 5 nitrogen and oxygen atoms in total. The molecule has 1 aromatic heterocycles. The fourth-order valence-corrected chi connectivity index (χ4v) is 3.24. The first-order valence-corrected chi connectivity index (χ1v) is 9.01. The van der Waals surface area contributed by atoms with Gasteiger partial charge in [-0.3, -0.25) is 9.78 Å². The van der Waals surface area contributed by atoms with Crippen molar-refractivity contribution in [2.75, 3.05) is 5.32 Å². The van der Waals surface area contributed by atoms with Crippen LogP contribution in [-0.2, 0) is 17.8 Å². The van der Waals surface area contributed by atoms with E-state index >= 15 is 0 Å². The second-order valence-corrected chi connectivity index (χ2v) is 6.65. The van der Waals surface area contributed by atoms with Gasteiger partial charge in [-0.25, -0.2) is 0 Å². The highest BCUT2D eigenvalue weighted by atomic mass is 16.5. The van der Waals surface area contributed by atoms with Crippen LogP contribution >= 0.6 is 0 Å². The zero-order chi connectivity index (χ0) is 18.6. The number of anilines is 1. The second-order valence-electron chi connectivity index (χ2n) is 6.65. The molecule has 1 aliphatic heterocycles. The second kappa shape index (κ2) is 7.60. The SMILES string of the molecule is N[C@@H](CCc1ccccc1)C(=O)Nc1ccc2c(c1)OCc1cnccc1-2. The van der Waals surface area contributed by atoms with E-state index in [9.17, 15) is 4.79 Å². The van der Waals surface area contributed by atoms with E-state index in [1.807, 2.05) is 60.8 Å². The maximum Gasteiger partial charge on any atom is 0.241 e. The Bertz CT molecular complexity index is 957. The smallest absolute Gasteiger partial charge is 0.241 e. The maximum atomic E-state index is 12.4. The third-order valence-corrected chi connectivity index (χ3v) is 4.75. The molecule has 27 heavy (non-hydrogen) atoms. The van der Waals surface area contributed by atoms with Gasteiger partial charge in [0.2, 0.25) is 5.91 Å². The fourth-order valence-electron chi connectivity index (χ4n) is 3.24. The topological polar surface area (TPSA) is 77.2 Å². The molecule has 0 spiro atoms. The summed E-state index contributed by atoms with van der Waals surface area (Å²) in [5.74, 6) is 0.565. The highest BCUT2D eigenvalue weighted by molar-refractivity contribution is 5.95. The number of ether oxygens (including phenoxy) is 1.